The Hall–Kier alpha value is -1.83. The fourth-order valence-corrected chi connectivity index (χ4v) is 1.19. The van der Waals surface area contributed by atoms with E-state index in [2.05, 4.69) is 11.8 Å². The summed E-state index contributed by atoms with van der Waals surface area (Å²) < 4.78 is 10.1. The first kappa shape index (κ1) is 14.2. The molecule has 18 heavy (non-hydrogen) atoms. The van der Waals surface area contributed by atoms with Crippen molar-refractivity contribution >= 4 is 6.29 Å². The van der Waals surface area contributed by atoms with Crippen LogP contribution in [0.3, 0.4) is 0 Å². The number of hydrogen-bond donors (Lipinski definition) is 1. The zero-order valence-corrected chi connectivity index (χ0v) is 10.7. The number of aliphatic hydroxyl groups is 1. The van der Waals surface area contributed by atoms with Crippen LogP contribution < -0.4 is 4.74 Å². The molecule has 0 spiro atoms. The lowest BCUT2D eigenvalue weighted by Gasteiger charge is -2.09. The van der Waals surface area contributed by atoms with Gasteiger partial charge in [0.05, 0.1) is 5.56 Å². The number of hydrogen-bond acceptors (Lipinski definition) is 4. The van der Waals surface area contributed by atoms with Crippen LogP contribution in [0.1, 0.15) is 29.8 Å². The number of benzene rings is 1. The van der Waals surface area contributed by atoms with E-state index in [9.17, 15) is 9.90 Å². The van der Waals surface area contributed by atoms with E-state index >= 15 is 0 Å². The van der Waals surface area contributed by atoms with Crippen LogP contribution in [0.5, 0.6) is 5.75 Å². The largest absolute Gasteiger partial charge is 0.466 e. The Balaban J connectivity index is 3.10. The Kier molecular flexibility index (Phi) is 4.90. The summed E-state index contributed by atoms with van der Waals surface area (Å²) in [6.45, 7) is 3.26. The van der Waals surface area contributed by atoms with Crippen LogP contribution in [0.15, 0.2) is 18.2 Å². The van der Waals surface area contributed by atoms with Crippen molar-refractivity contribution in [2.24, 2.45) is 0 Å². The summed E-state index contributed by atoms with van der Waals surface area (Å²) in [5, 5.41) is 9.56. The Morgan fingerprint density at radius 2 is 2.17 bits per heavy atom. The van der Waals surface area contributed by atoms with Crippen molar-refractivity contribution in [1.82, 2.24) is 0 Å². The van der Waals surface area contributed by atoms with E-state index in [1.165, 1.54) is 7.11 Å². The first-order chi connectivity index (χ1) is 8.46. The fraction of sp³-hybridized carbons (Fsp3) is 0.357. The molecule has 1 rings (SSSR count). The summed E-state index contributed by atoms with van der Waals surface area (Å²) in [6.07, 6.45) is 0.732. The van der Waals surface area contributed by atoms with Crippen molar-refractivity contribution in [3.63, 3.8) is 0 Å². The number of methoxy groups -OCH3 is 1. The van der Waals surface area contributed by atoms with E-state index in [0.717, 1.165) is 6.29 Å². The van der Waals surface area contributed by atoms with E-state index in [1.54, 1.807) is 32.0 Å². The van der Waals surface area contributed by atoms with E-state index in [1.807, 2.05) is 0 Å². The van der Waals surface area contributed by atoms with Gasteiger partial charge in [-0.3, -0.25) is 4.79 Å². The number of carbonyl (C=O) groups is 1. The van der Waals surface area contributed by atoms with Crippen molar-refractivity contribution in [2.45, 2.75) is 19.4 Å². The van der Waals surface area contributed by atoms with Gasteiger partial charge in [-0.15, -0.1) is 0 Å². The highest BCUT2D eigenvalue weighted by atomic mass is 16.7. The van der Waals surface area contributed by atoms with Crippen LogP contribution in [-0.4, -0.2) is 30.9 Å². The highest BCUT2D eigenvalue weighted by molar-refractivity contribution is 5.76. The average Bonchev–Trinajstić information content (AvgIpc) is 2.33. The van der Waals surface area contributed by atoms with E-state index in [0.29, 0.717) is 16.9 Å². The van der Waals surface area contributed by atoms with Crippen molar-refractivity contribution in [1.29, 1.82) is 0 Å². The molecule has 1 N–H and O–H groups in total. The minimum absolute atomic E-state index is 0.0949. The predicted octanol–water partition coefficient (Wildman–Crippen LogP) is 1.60. The molecule has 4 nitrogen and oxygen atoms in total. The van der Waals surface area contributed by atoms with Gasteiger partial charge < -0.3 is 14.6 Å². The monoisotopic (exact) mass is 248 g/mol. The van der Waals surface area contributed by atoms with Gasteiger partial charge in [-0.1, -0.05) is 11.8 Å². The Bertz CT molecular complexity index is 475. The lowest BCUT2D eigenvalue weighted by atomic mass is 10.1. The second-order valence-electron chi connectivity index (χ2n) is 4.23. The summed E-state index contributed by atoms with van der Waals surface area (Å²) >= 11 is 0. The molecule has 0 aliphatic rings. The van der Waals surface area contributed by atoms with E-state index in [4.69, 9.17) is 9.47 Å². The minimum atomic E-state index is -1.10. The van der Waals surface area contributed by atoms with E-state index < -0.39 is 5.60 Å². The molecular formula is C14H16O4. The Labute approximate surface area is 107 Å². The molecule has 0 atom stereocenters. The molecule has 1 aromatic rings. The van der Waals surface area contributed by atoms with Gasteiger partial charge in [0.1, 0.15) is 17.6 Å². The zero-order valence-electron chi connectivity index (χ0n) is 10.7. The molecule has 0 saturated heterocycles. The average molecular weight is 248 g/mol. The highest BCUT2D eigenvalue weighted by Crippen LogP contribution is 2.19. The maximum absolute atomic E-state index is 10.7. The molecule has 0 aliphatic heterocycles. The molecular weight excluding hydrogens is 232 g/mol. The smallest absolute Gasteiger partial charge is 0.188 e. The molecule has 0 aromatic heterocycles. The minimum Gasteiger partial charge on any atom is -0.466 e. The maximum Gasteiger partial charge on any atom is 0.188 e. The lowest BCUT2D eigenvalue weighted by molar-refractivity contribution is 0.0509. The lowest BCUT2D eigenvalue weighted by Crippen LogP contribution is -2.14. The van der Waals surface area contributed by atoms with Gasteiger partial charge in [-0.2, -0.15) is 0 Å². The summed E-state index contributed by atoms with van der Waals surface area (Å²) in [6, 6.07) is 4.89. The number of carbonyl (C=O) groups excluding carboxylic acids is 1. The quantitative estimate of drug-likeness (QED) is 0.499. The number of ether oxygens (including phenoxy) is 2. The fourth-order valence-electron chi connectivity index (χ4n) is 1.19. The van der Waals surface area contributed by atoms with Crippen molar-refractivity contribution in [3.05, 3.63) is 29.3 Å². The van der Waals surface area contributed by atoms with Gasteiger partial charge in [0.2, 0.25) is 0 Å². The second kappa shape index (κ2) is 6.20. The molecule has 0 radical (unpaired) electrons. The van der Waals surface area contributed by atoms with Crippen molar-refractivity contribution in [2.75, 3.05) is 13.9 Å². The van der Waals surface area contributed by atoms with Gasteiger partial charge in [0, 0.05) is 12.7 Å². The molecule has 0 saturated carbocycles. The summed E-state index contributed by atoms with van der Waals surface area (Å²) in [5.74, 6) is 5.99. The van der Waals surface area contributed by atoms with Gasteiger partial charge >= 0.3 is 0 Å². The van der Waals surface area contributed by atoms with Crippen molar-refractivity contribution in [3.8, 4) is 17.6 Å². The summed E-state index contributed by atoms with van der Waals surface area (Å²) in [7, 11) is 1.52. The first-order valence-electron chi connectivity index (χ1n) is 5.43. The molecule has 4 heteroatoms. The summed E-state index contributed by atoms with van der Waals surface area (Å²) in [5.41, 5.74) is -0.0611. The van der Waals surface area contributed by atoms with Crippen LogP contribution in [0.2, 0.25) is 0 Å². The number of rotatable bonds is 4. The first-order valence-corrected chi connectivity index (χ1v) is 5.43. The standard InChI is InChI=1S/C14H16O4/c1-14(2,16)7-6-12-8-11(9-15)4-5-13(12)18-10-17-3/h4-5,8-9,16H,10H2,1-3H3. The molecule has 0 bridgehead atoms. The van der Waals surface area contributed by atoms with Gasteiger partial charge in [0.15, 0.2) is 6.79 Å². The number of aldehydes is 1. The third kappa shape index (κ3) is 4.58. The van der Waals surface area contributed by atoms with Crippen LogP contribution in [0.4, 0.5) is 0 Å². The molecule has 0 fully saturated rings. The zero-order chi connectivity index (χ0) is 13.6. The second-order valence-corrected chi connectivity index (χ2v) is 4.23. The molecule has 0 unspecified atom stereocenters. The van der Waals surface area contributed by atoms with Crippen LogP contribution >= 0.6 is 0 Å². The molecule has 96 valence electrons. The molecule has 0 heterocycles. The van der Waals surface area contributed by atoms with E-state index in [-0.39, 0.29) is 6.79 Å². The Morgan fingerprint density at radius 3 is 2.72 bits per heavy atom. The SMILES string of the molecule is COCOc1ccc(C=O)cc1C#CC(C)(C)O. The topological polar surface area (TPSA) is 55.8 Å². The van der Waals surface area contributed by atoms with Crippen LogP contribution in [-0.2, 0) is 4.74 Å². The molecule has 1 aromatic carbocycles. The third-order valence-corrected chi connectivity index (χ3v) is 1.98. The van der Waals surface area contributed by atoms with Crippen molar-refractivity contribution < 1.29 is 19.4 Å². The third-order valence-electron chi connectivity index (χ3n) is 1.98. The van der Waals surface area contributed by atoms with Gasteiger partial charge in [-0.25, -0.2) is 0 Å². The van der Waals surface area contributed by atoms with Crippen LogP contribution in [0.25, 0.3) is 0 Å². The summed E-state index contributed by atoms with van der Waals surface area (Å²) in [4.78, 5) is 10.7. The molecule has 0 aliphatic carbocycles. The molecule has 0 amide bonds. The van der Waals surface area contributed by atoms with Crippen LogP contribution in [0, 0.1) is 11.8 Å². The maximum atomic E-state index is 10.7. The van der Waals surface area contributed by atoms with Gasteiger partial charge in [-0.05, 0) is 32.0 Å². The predicted molar refractivity (Wildman–Crippen MR) is 67.5 cm³/mol. The van der Waals surface area contributed by atoms with Gasteiger partial charge in [0.25, 0.3) is 0 Å². The Morgan fingerprint density at radius 1 is 1.44 bits per heavy atom. The normalized spacial score (nSPS) is 10.4. The highest BCUT2D eigenvalue weighted by Gasteiger charge is 2.08.